The van der Waals surface area contributed by atoms with Crippen molar-refractivity contribution in [2.75, 3.05) is 0 Å². The van der Waals surface area contributed by atoms with Crippen molar-refractivity contribution in [2.45, 2.75) is 31.5 Å². The first-order valence-electron chi connectivity index (χ1n) is 6.60. The molecule has 2 unspecified atom stereocenters. The van der Waals surface area contributed by atoms with Gasteiger partial charge in [-0.1, -0.05) is 60.7 Å². The average molecular weight is 256 g/mol. The maximum absolute atomic E-state index is 10.5. The summed E-state index contributed by atoms with van der Waals surface area (Å²) in [6, 6.07) is 19.1. The molecule has 0 saturated heterocycles. The first kappa shape index (κ1) is 13.8. The lowest BCUT2D eigenvalue weighted by molar-refractivity contribution is 0.0285. The average Bonchev–Trinajstić information content (AvgIpc) is 2.47. The monoisotopic (exact) mass is 256 g/mol. The summed E-state index contributed by atoms with van der Waals surface area (Å²) in [5, 5.41) is 20.6. The molecule has 2 rings (SSSR count). The fraction of sp³-hybridized carbons (Fsp3) is 0.294. The van der Waals surface area contributed by atoms with Crippen LogP contribution in [-0.4, -0.2) is 10.2 Å². The zero-order valence-corrected chi connectivity index (χ0v) is 11.2. The first-order chi connectivity index (χ1) is 9.09. The van der Waals surface area contributed by atoms with E-state index in [0.717, 1.165) is 11.1 Å². The van der Waals surface area contributed by atoms with E-state index < -0.39 is 11.7 Å². The smallest absolute Gasteiger partial charge is 0.0869 e. The van der Waals surface area contributed by atoms with E-state index in [1.165, 1.54) is 0 Å². The number of rotatable bonds is 5. The Labute approximate surface area is 114 Å². The zero-order chi connectivity index (χ0) is 13.7. The number of aliphatic hydroxyl groups excluding tert-OH is 1. The Morgan fingerprint density at radius 2 is 1.47 bits per heavy atom. The predicted molar refractivity (Wildman–Crippen MR) is 76.6 cm³/mol. The molecule has 0 aromatic heterocycles. The summed E-state index contributed by atoms with van der Waals surface area (Å²) in [6.45, 7) is 1.79. The molecule has 0 spiro atoms. The summed E-state index contributed by atoms with van der Waals surface area (Å²) in [4.78, 5) is 0. The maximum Gasteiger partial charge on any atom is 0.0869 e. The SMILES string of the molecule is CC(O)(CCC(O)c1ccccc1)c1ccccc1. The summed E-state index contributed by atoms with van der Waals surface area (Å²) in [5.74, 6) is 0. The van der Waals surface area contributed by atoms with Crippen LogP contribution in [0.1, 0.15) is 37.0 Å². The van der Waals surface area contributed by atoms with Gasteiger partial charge < -0.3 is 10.2 Å². The topological polar surface area (TPSA) is 40.5 Å². The lowest BCUT2D eigenvalue weighted by Crippen LogP contribution is -2.21. The van der Waals surface area contributed by atoms with Crippen LogP contribution in [0.3, 0.4) is 0 Å². The molecule has 0 fully saturated rings. The zero-order valence-electron chi connectivity index (χ0n) is 11.2. The molecule has 2 aromatic rings. The van der Waals surface area contributed by atoms with Gasteiger partial charge in [0.15, 0.2) is 0 Å². The van der Waals surface area contributed by atoms with Gasteiger partial charge in [-0.2, -0.15) is 0 Å². The summed E-state index contributed by atoms with van der Waals surface area (Å²) < 4.78 is 0. The van der Waals surface area contributed by atoms with Gasteiger partial charge in [-0.3, -0.25) is 0 Å². The number of benzene rings is 2. The first-order valence-corrected chi connectivity index (χ1v) is 6.60. The van der Waals surface area contributed by atoms with Gasteiger partial charge in [0.25, 0.3) is 0 Å². The van der Waals surface area contributed by atoms with Crippen molar-refractivity contribution >= 4 is 0 Å². The van der Waals surface area contributed by atoms with Crippen LogP contribution in [0, 0.1) is 0 Å². The van der Waals surface area contributed by atoms with Crippen molar-refractivity contribution in [3.8, 4) is 0 Å². The third-order valence-corrected chi connectivity index (χ3v) is 3.48. The van der Waals surface area contributed by atoms with Crippen molar-refractivity contribution in [3.63, 3.8) is 0 Å². The van der Waals surface area contributed by atoms with E-state index in [1.54, 1.807) is 6.92 Å². The van der Waals surface area contributed by atoms with Crippen LogP contribution < -0.4 is 0 Å². The van der Waals surface area contributed by atoms with Crippen LogP contribution in [0.15, 0.2) is 60.7 Å². The highest BCUT2D eigenvalue weighted by atomic mass is 16.3. The number of aliphatic hydroxyl groups is 2. The van der Waals surface area contributed by atoms with E-state index in [4.69, 9.17) is 0 Å². The van der Waals surface area contributed by atoms with Crippen molar-refractivity contribution in [1.29, 1.82) is 0 Å². The summed E-state index contributed by atoms with van der Waals surface area (Å²) in [7, 11) is 0. The van der Waals surface area contributed by atoms with E-state index >= 15 is 0 Å². The molecule has 2 nitrogen and oxygen atoms in total. The Balaban J connectivity index is 1.99. The standard InChI is InChI=1S/C17H20O2/c1-17(19,15-10-6-3-7-11-15)13-12-16(18)14-8-4-2-5-9-14/h2-11,16,18-19H,12-13H2,1H3. The van der Waals surface area contributed by atoms with Crippen molar-refractivity contribution in [1.82, 2.24) is 0 Å². The third-order valence-electron chi connectivity index (χ3n) is 3.48. The molecule has 0 aliphatic carbocycles. The van der Waals surface area contributed by atoms with Crippen LogP contribution in [0.25, 0.3) is 0 Å². The maximum atomic E-state index is 10.5. The molecule has 0 radical (unpaired) electrons. The Bertz CT molecular complexity index is 491. The highest BCUT2D eigenvalue weighted by Crippen LogP contribution is 2.29. The number of hydrogen-bond acceptors (Lipinski definition) is 2. The van der Waals surface area contributed by atoms with Gasteiger partial charge in [-0.05, 0) is 30.9 Å². The highest BCUT2D eigenvalue weighted by Gasteiger charge is 2.24. The van der Waals surface area contributed by atoms with Crippen LogP contribution in [-0.2, 0) is 5.60 Å². The molecule has 19 heavy (non-hydrogen) atoms. The molecule has 2 N–H and O–H groups in total. The fourth-order valence-electron chi connectivity index (χ4n) is 2.20. The third kappa shape index (κ3) is 3.66. The van der Waals surface area contributed by atoms with Crippen molar-refractivity contribution < 1.29 is 10.2 Å². The molecular weight excluding hydrogens is 236 g/mol. The molecule has 2 atom stereocenters. The van der Waals surface area contributed by atoms with Crippen LogP contribution >= 0.6 is 0 Å². The normalized spacial score (nSPS) is 15.7. The van der Waals surface area contributed by atoms with Gasteiger partial charge in [0.2, 0.25) is 0 Å². The number of hydrogen-bond donors (Lipinski definition) is 2. The minimum Gasteiger partial charge on any atom is -0.388 e. The summed E-state index contributed by atoms with van der Waals surface area (Å²) in [6.07, 6.45) is 0.523. The predicted octanol–water partition coefficient (Wildman–Crippen LogP) is 3.41. The van der Waals surface area contributed by atoms with Gasteiger partial charge in [0.1, 0.15) is 0 Å². The van der Waals surface area contributed by atoms with E-state index in [0.29, 0.717) is 12.8 Å². The highest BCUT2D eigenvalue weighted by molar-refractivity contribution is 5.22. The van der Waals surface area contributed by atoms with Crippen molar-refractivity contribution in [3.05, 3.63) is 71.8 Å². The minimum atomic E-state index is -0.906. The largest absolute Gasteiger partial charge is 0.388 e. The fourth-order valence-corrected chi connectivity index (χ4v) is 2.20. The summed E-state index contributed by atoms with van der Waals surface area (Å²) >= 11 is 0. The van der Waals surface area contributed by atoms with E-state index in [1.807, 2.05) is 60.7 Å². The van der Waals surface area contributed by atoms with Gasteiger partial charge in [-0.25, -0.2) is 0 Å². The lowest BCUT2D eigenvalue weighted by Gasteiger charge is -2.25. The van der Waals surface area contributed by atoms with Gasteiger partial charge >= 0.3 is 0 Å². The Hall–Kier alpha value is -1.64. The lowest BCUT2D eigenvalue weighted by atomic mass is 9.89. The van der Waals surface area contributed by atoms with Crippen LogP contribution in [0.4, 0.5) is 0 Å². The molecule has 2 heteroatoms. The van der Waals surface area contributed by atoms with Gasteiger partial charge in [-0.15, -0.1) is 0 Å². The molecule has 0 amide bonds. The van der Waals surface area contributed by atoms with E-state index in [-0.39, 0.29) is 0 Å². The summed E-state index contributed by atoms with van der Waals surface area (Å²) in [5.41, 5.74) is 0.874. The Morgan fingerprint density at radius 1 is 0.947 bits per heavy atom. The van der Waals surface area contributed by atoms with Crippen LogP contribution in [0.2, 0.25) is 0 Å². The van der Waals surface area contributed by atoms with Gasteiger partial charge in [0, 0.05) is 0 Å². The van der Waals surface area contributed by atoms with Crippen LogP contribution in [0.5, 0.6) is 0 Å². The molecule has 0 bridgehead atoms. The Morgan fingerprint density at radius 3 is 2.05 bits per heavy atom. The molecule has 0 aliphatic heterocycles. The second-order valence-electron chi connectivity index (χ2n) is 5.11. The molecule has 0 aliphatic rings. The second kappa shape index (κ2) is 6.00. The van der Waals surface area contributed by atoms with Crippen molar-refractivity contribution in [2.24, 2.45) is 0 Å². The van der Waals surface area contributed by atoms with Gasteiger partial charge in [0.05, 0.1) is 11.7 Å². The van der Waals surface area contributed by atoms with E-state index in [9.17, 15) is 10.2 Å². The molecular formula is C17H20O2. The second-order valence-corrected chi connectivity index (χ2v) is 5.11. The Kier molecular flexibility index (Phi) is 4.35. The molecule has 0 heterocycles. The molecule has 2 aromatic carbocycles. The molecule has 100 valence electrons. The minimum absolute atomic E-state index is 0.521. The van der Waals surface area contributed by atoms with E-state index in [2.05, 4.69) is 0 Å². The molecule has 0 saturated carbocycles. The quantitative estimate of drug-likeness (QED) is 0.860.